The van der Waals surface area contributed by atoms with Gasteiger partial charge in [0.25, 0.3) is 0 Å². The third-order valence-corrected chi connectivity index (χ3v) is 2.85. The van der Waals surface area contributed by atoms with Gasteiger partial charge in [-0.3, -0.25) is 4.79 Å². The molecule has 0 heterocycles. The molecule has 1 rings (SSSR count). The Kier molecular flexibility index (Phi) is 4.74. The predicted molar refractivity (Wildman–Crippen MR) is 70.3 cm³/mol. The average molecular weight is 304 g/mol. The van der Waals surface area contributed by atoms with Gasteiger partial charge in [0.15, 0.2) is 0 Å². The summed E-state index contributed by atoms with van der Waals surface area (Å²) in [6.45, 7) is 0.419. The molecule has 0 radical (unpaired) electrons. The number of nitrogens with zero attached hydrogens (tertiary/aromatic N) is 1. The van der Waals surface area contributed by atoms with Gasteiger partial charge in [-0.2, -0.15) is 0 Å². The predicted octanol–water partition coefficient (Wildman–Crippen LogP) is 2.06. The summed E-state index contributed by atoms with van der Waals surface area (Å²) in [5, 5.41) is 2.93. The third-order valence-electron chi connectivity index (χ3n) is 2.25. The molecule has 0 bridgehead atoms. The standard InChI is InChI=1S/C11H15BrFN3O/c1-16(2)11(17)3-4-15-10-6-8(13)7(12)5-9(10)14/h5-6,15H,3-4,14H2,1-2H3. The Morgan fingerprint density at radius 2 is 2.18 bits per heavy atom. The van der Waals surface area contributed by atoms with Crippen LogP contribution < -0.4 is 11.1 Å². The van der Waals surface area contributed by atoms with Gasteiger partial charge in [-0.1, -0.05) is 0 Å². The molecule has 0 aromatic heterocycles. The summed E-state index contributed by atoms with van der Waals surface area (Å²) in [7, 11) is 3.38. The van der Waals surface area contributed by atoms with Gasteiger partial charge in [0.05, 0.1) is 15.8 Å². The highest BCUT2D eigenvalue weighted by Gasteiger charge is 2.07. The number of rotatable bonds is 4. The van der Waals surface area contributed by atoms with Crippen LogP contribution in [0.4, 0.5) is 15.8 Å². The van der Waals surface area contributed by atoms with Crippen molar-refractivity contribution in [3.05, 3.63) is 22.4 Å². The van der Waals surface area contributed by atoms with E-state index in [0.29, 0.717) is 28.8 Å². The topological polar surface area (TPSA) is 58.4 Å². The number of amides is 1. The number of anilines is 2. The number of hydrogen-bond acceptors (Lipinski definition) is 3. The van der Waals surface area contributed by atoms with E-state index in [1.807, 2.05) is 0 Å². The molecule has 0 aliphatic heterocycles. The number of hydrogen-bond donors (Lipinski definition) is 2. The Hall–Kier alpha value is -1.30. The summed E-state index contributed by atoms with van der Waals surface area (Å²) in [6.07, 6.45) is 0.337. The van der Waals surface area contributed by atoms with Crippen LogP contribution in [-0.4, -0.2) is 31.4 Å². The first kappa shape index (κ1) is 13.8. The average Bonchev–Trinajstić information content (AvgIpc) is 2.25. The number of nitrogens with two attached hydrogens (primary N) is 1. The minimum absolute atomic E-state index is 0.00801. The van der Waals surface area contributed by atoms with Gasteiger partial charge >= 0.3 is 0 Å². The molecule has 94 valence electrons. The van der Waals surface area contributed by atoms with Crippen molar-refractivity contribution in [2.24, 2.45) is 0 Å². The lowest BCUT2D eigenvalue weighted by molar-refractivity contribution is -0.128. The van der Waals surface area contributed by atoms with E-state index in [2.05, 4.69) is 21.2 Å². The number of nitrogen functional groups attached to an aromatic ring is 1. The molecule has 0 fully saturated rings. The highest BCUT2D eigenvalue weighted by Crippen LogP contribution is 2.26. The molecule has 0 aliphatic carbocycles. The molecule has 0 unspecified atom stereocenters. The monoisotopic (exact) mass is 303 g/mol. The lowest BCUT2D eigenvalue weighted by atomic mass is 10.2. The SMILES string of the molecule is CN(C)C(=O)CCNc1cc(F)c(Br)cc1N. The van der Waals surface area contributed by atoms with Crippen LogP contribution in [0, 0.1) is 5.82 Å². The molecule has 0 atom stereocenters. The summed E-state index contributed by atoms with van der Waals surface area (Å²) in [5.41, 5.74) is 6.65. The largest absolute Gasteiger partial charge is 0.397 e. The highest BCUT2D eigenvalue weighted by molar-refractivity contribution is 9.10. The van der Waals surface area contributed by atoms with Gasteiger partial charge in [0, 0.05) is 33.1 Å². The van der Waals surface area contributed by atoms with Gasteiger partial charge in [0.1, 0.15) is 5.82 Å². The first-order valence-electron chi connectivity index (χ1n) is 5.10. The van der Waals surface area contributed by atoms with E-state index in [-0.39, 0.29) is 11.7 Å². The first-order valence-corrected chi connectivity index (χ1v) is 5.89. The first-order chi connectivity index (χ1) is 7.91. The zero-order valence-electron chi connectivity index (χ0n) is 9.76. The molecule has 3 N–H and O–H groups in total. The van der Waals surface area contributed by atoms with Gasteiger partial charge in [-0.25, -0.2) is 4.39 Å². The van der Waals surface area contributed by atoms with Crippen LogP contribution in [0.5, 0.6) is 0 Å². The number of halogens is 2. The molecule has 1 aromatic rings. The number of nitrogens with one attached hydrogen (secondary N) is 1. The van der Waals surface area contributed by atoms with Crippen molar-refractivity contribution in [2.75, 3.05) is 31.7 Å². The fraction of sp³-hybridized carbons (Fsp3) is 0.364. The molecule has 1 amide bonds. The maximum atomic E-state index is 13.3. The molecule has 0 spiro atoms. The van der Waals surface area contributed by atoms with Crippen LogP contribution >= 0.6 is 15.9 Å². The number of carbonyl (C=O) groups is 1. The van der Waals surface area contributed by atoms with Crippen molar-refractivity contribution in [2.45, 2.75) is 6.42 Å². The number of benzene rings is 1. The summed E-state index contributed by atoms with van der Waals surface area (Å²) < 4.78 is 13.6. The second-order valence-electron chi connectivity index (χ2n) is 3.82. The van der Waals surface area contributed by atoms with Crippen molar-refractivity contribution in [1.82, 2.24) is 4.90 Å². The van der Waals surface area contributed by atoms with E-state index in [1.54, 1.807) is 14.1 Å². The minimum atomic E-state index is -0.388. The van der Waals surface area contributed by atoms with Crippen LogP contribution in [0.15, 0.2) is 16.6 Å². The molecular weight excluding hydrogens is 289 g/mol. The Bertz CT molecular complexity index is 423. The Labute approximate surface area is 108 Å². The Balaban J connectivity index is 2.58. The molecule has 0 aliphatic rings. The molecule has 4 nitrogen and oxygen atoms in total. The van der Waals surface area contributed by atoms with Gasteiger partial charge in [-0.15, -0.1) is 0 Å². The fourth-order valence-corrected chi connectivity index (χ4v) is 1.60. The van der Waals surface area contributed by atoms with Crippen LogP contribution in [-0.2, 0) is 4.79 Å². The molecular formula is C11H15BrFN3O. The van der Waals surface area contributed by atoms with E-state index in [4.69, 9.17) is 5.73 Å². The van der Waals surface area contributed by atoms with Gasteiger partial charge in [0.2, 0.25) is 5.91 Å². The van der Waals surface area contributed by atoms with E-state index in [1.165, 1.54) is 17.0 Å². The van der Waals surface area contributed by atoms with Crippen LogP contribution in [0.25, 0.3) is 0 Å². The van der Waals surface area contributed by atoms with Crippen LogP contribution in [0.1, 0.15) is 6.42 Å². The maximum Gasteiger partial charge on any atom is 0.223 e. The smallest absolute Gasteiger partial charge is 0.223 e. The lowest BCUT2D eigenvalue weighted by Crippen LogP contribution is -2.24. The van der Waals surface area contributed by atoms with E-state index in [9.17, 15) is 9.18 Å². The Morgan fingerprint density at radius 1 is 1.53 bits per heavy atom. The van der Waals surface area contributed by atoms with Crippen molar-refractivity contribution >= 4 is 33.2 Å². The van der Waals surface area contributed by atoms with Crippen molar-refractivity contribution < 1.29 is 9.18 Å². The molecule has 0 saturated heterocycles. The summed E-state index contributed by atoms with van der Waals surface area (Å²) in [6, 6.07) is 2.80. The van der Waals surface area contributed by atoms with Crippen LogP contribution in [0.2, 0.25) is 0 Å². The van der Waals surface area contributed by atoms with Crippen LogP contribution in [0.3, 0.4) is 0 Å². The zero-order valence-corrected chi connectivity index (χ0v) is 11.3. The summed E-state index contributed by atoms with van der Waals surface area (Å²) in [4.78, 5) is 12.8. The normalized spacial score (nSPS) is 10.1. The van der Waals surface area contributed by atoms with Gasteiger partial charge in [-0.05, 0) is 22.0 Å². The number of carbonyl (C=O) groups excluding carboxylic acids is 1. The van der Waals surface area contributed by atoms with E-state index in [0.717, 1.165) is 0 Å². The Morgan fingerprint density at radius 3 is 2.76 bits per heavy atom. The second-order valence-corrected chi connectivity index (χ2v) is 4.67. The third kappa shape index (κ3) is 3.89. The highest BCUT2D eigenvalue weighted by atomic mass is 79.9. The van der Waals surface area contributed by atoms with Gasteiger partial charge < -0.3 is 16.0 Å². The maximum absolute atomic E-state index is 13.3. The fourth-order valence-electron chi connectivity index (χ4n) is 1.24. The van der Waals surface area contributed by atoms with Crippen molar-refractivity contribution in [3.63, 3.8) is 0 Å². The quantitative estimate of drug-likeness (QED) is 0.837. The van der Waals surface area contributed by atoms with Crippen molar-refractivity contribution in [3.8, 4) is 0 Å². The molecule has 17 heavy (non-hydrogen) atoms. The van der Waals surface area contributed by atoms with E-state index >= 15 is 0 Å². The molecule has 6 heteroatoms. The summed E-state index contributed by atoms with van der Waals surface area (Å²) >= 11 is 3.05. The second kappa shape index (κ2) is 5.86. The van der Waals surface area contributed by atoms with Crippen molar-refractivity contribution in [1.29, 1.82) is 0 Å². The lowest BCUT2D eigenvalue weighted by Gasteiger charge is -2.12. The summed E-state index contributed by atoms with van der Waals surface area (Å²) in [5.74, 6) is -0.380. The molecule has 1 aromatic carbocycles. The zero-order chi connectivity index (χ0) is 13.0. The minimum Gasteiger partial charge on any atom is -0.397 e. The van der Waals surface area contributed by atoms with E-state index < -0.39 is 0 Å². The molecule has 0 saturated carbocycles.